The van der Waals surface area contributed by atoms with E-state index in [-0.39, 0.29) is 12.7 Å². The molecule has 2 rings (SSSR count). The van der Waals surface area contributed by atoms with Crippen molar-refractivity contribution in [1.29, 1.82) is 0 Å². The van der Waals surface area contributed by atoms with Crippen molar-refractivity contribution in [3.8, 4) is 0 Å². The van der Waals surface area contributed by atoms with Crippen LogP contribution in [0, 0.1) is 0 Å². The van der Waals surface area contributed by atoms with Crippen molar-refractivity contribution in [2.45, 2.75) is 58.3 Å². The van der Waals surface area contributed by atoms with Gasteiger partial charge in [-0.15, -0.1) is 10.2 Å². The first-order chi connectivity index (χ1) is 8.31. The Hall–Kier alpha value is -0.940. The summed E-state index contributed by atoms with van der Waals surface area (Å²) >= 11 is 0. The maximum Gasteiger partial charge on any atom is 0.158 e. The minimum absolute atomic E-state index is 0.0443. The van der Waals surface area contributed by atoms with E-state index < -0.39 is 0 Å². The second-order valence-electron chi connectivity index (χ2n) is 4.50. The maximum absolute atomic E-state index is 9.27. The molecule has 1 saturated heterocycles. The van der Waals surface area contributed by atoms with E-state index in [0.29, 0.717) is 11.7 Å². The first-order valence-electron chi connectivity index (χ1n) is 6.46. The van der Waals surface area contributed by atoms with E-state index in [2.05, 4.69) is 28.6 Å². The summed E-state index contributed by atoms with van der Waals surface area (Å²) in [7, 11) is 0. The summed E-state index contributed by atoms with van der Waals surface area (Å²) in [5.41, 5.74) is 0. The van der Waals surface area contributed by atoms with Crippen molar-refractivity contribution in [3.05, 3.63) is 11.6 Å². The molecule has 96 valence electrons. The molecule has 2 atom stereocenters. The number of hydrogen-bond acceptors (Lipinski definition) is 4. The number of aromatic nitrogens is 3. The minimum Gasteiger partial charge on any atom is -0.388 e. The van der Waals surface area contributed by atoms with Crippen LogP contribution in [0.4, 0.5) is 0 Å². The Bertz CT molecular complexity index is 365. The number of aliphatic hydroxyl groups is 1. The second kappa shape index (κ2) is 5.60. The molecule has 0 amide bonds. The molecule has 1 aromatic heterocycles. The quantitative estimate of drug-likeness (QED) is 0.845. The summed E-state index contributed by atoms with van der Waals surface area (Å²) in [4.78, 5) is 0. The van der Waals surface area contributed by atoms with Gasteiger partial charge in [0.15, 0.2) is 5.82 Å². The fourth-order valence-electron chi connectivity index (χ4n) is 2.55. The van der Waals surface area contributed by atoms with Crippen LogP contribution in [0.5, 0.6) is 0 Å². The number of aliphatic hydroxyl groups excluding tert-OH is 1. The van der Waals surface area contributed by atoms with Crippen LogP contribution in [-0.4, -0.2) is 32.6 Å². The van der Waals surface area contributed by atoms with E-state index in [1.807, 2.05) is 0 Å². The maximum atomic E-state index is 9.27. The zero-order chi connectivity index (χ0) is 12.3. The van der Waals surface area contributed by atoms with Crippen molar-refractivity contribution < 1.29 is 9.84 Å². The SMILES string of the molecule is CCCn1c(CO)nnc1C1CCOC1CC. The Kier molecular flexibility index (Phi) is 4.12. The monoisotopic (exact) mass is 239 g/mol. The van der Waals surface area contributed by atoms with Crippen molar-refractivity contribution in [3.63, 3.8) is 0 Å². The zero-order valence-corrected chi connectivity index (χ0v) is 10.6. The Balaban J connectivity index is 2.27. The van der Waals surface area contributed by atoms with Gasteiger partial charge in [0.25, 0.3) is 0 Å². The lowest BCUT2D eigenvalue weighted by Crippen LogP contribution is -2.18. The largest absolute Gasteiger partial charge is 0.388 e. The molecule has 0 spiro atoms. The number of ether oxygens (including phenoxy) is 1. The molecule has 5 nitrogen and oxygen atoms in total. The third kappa shape index (κ3) is 2.35. The summed E-state index contributed by atoms with van der Waals surface area (Å²) in [6.07, 6.45) is 3.27. The van der Waals surface area contributed by atoms with E-state index in [0.717, 1.165) is 38.2 Å². The Morgan fingerprint density at radius 1 is 1.41 bits per heavy atom. The van der Waals surface area contributed by atoms with E-state index >= 15 is 0 Å². The lowest BCUT2D eigenvalue weighted by molar-refractivity contribution is 0.0987. The first-order valence-corrected chi connectivity index (χ1v) is 6.46. The van der Waals surface area contributed by atoms with Crippen molar-refractivity contribution in [1.82, 2.24) is 14.8 Å². The molecular formula is C12H21N3O2. The summed E-state index contributed by atoms with van der Waals surface area (Å²) < 4.78 is 7.76. The van der Waals surface area contributed by atoms with E-state index in [1.54, 1.807) is 0 Å². The van der Waals surface area contributed by atoms with Gasteiger partial charge in [-0.25, -0.2) is 0 Å². The zero-order valence-electron chi connectivity index (χ0n) is 10.6. The van der Waals surface area contributed by atoms with E-state index in [9.17, 15) is 5.11 Å². The van der Waals surface area contributed by atoms with Gasteiger partial charge < -0.3 is 14.4 Å². The predicted molar refractivity (Wildman–Crippen MR) is 63.6 cm³/mol. The molecule has 0 bridgehead atoms. The lowest BCUT2D eigenvalue weighted by Gasteiger charge is -2.17. The molecule has 1 aromatic rings. The Labute approximate surface area is 102 Å². The van der Waals surface area contributed by atoms with Gasteiger partial charge in [-0.05, 0) is 19.3 Å². The summed E-state index contributed by atoms with van der Waals surface area (Å²) in [5.74, 6) is 1.99. The van der Waals surface area contributed by atoms with Crippen LogP contribution in [0.1, 0.15) is 50.7 Å². The van der Waals surface area contributed by atoms with Crippen molar-refractivity contribution in [2.75, 3.05) is 6.61 Å². The Morgan fingerprint density at radius 2 is 2.24 bits per heavy atom. The fourth-order valence-corrected chi connectivity index (χ4v) is 2.55. The molecule has 1 N–H and O–H groups in total. The highest BCUT2D eigenvalue weighted by molar-refractivity contribution is 5.06. The molecule has 1 fully saturated rings. The highest BCUT2D eigenvalue weighted by atomic mass is 16.5. The van der Waals surface area contributed by atoms with Crippen LogP contribution >= 0.6 is 0 Å². The standard InChI is InChI=1S/C12H21N3O2/c1-3-6-15-11(8-16)13-14-12(15)9-5-7-17-10(9)4-2/h9-10,16H,3-8H2,1-2H3. The molecule has 1 aliphatic rings. The molecule has 1 aliphatic heterocycles. The lowest BCUT2D eigenvalue weighted by atomic mass is 9.98. The van der Waals surface area contributed by atoms with E-state index in [4.69, 9.17) is 4.74 Å². The van der Waals surface area contributed by atoms with Crippen LogP contribution in [-0.2, 0) is 17.9 Å². The van der Waals surface area contributed by atoms with Gasteiger partial charge in [0, 0.05) is 19.1 Å². The number of rotatable bonds is 5. The smallest absolute Gasteiger partial charge is 0.158 e. The van der Waals surface area contributed by atoms with Gasteiger partial charge in [-0.1, -0.05) is 13.8 Å². The summed E-state index contributed by atoms with van der Waals surface area (Å²) in [6, 6.07) is 0. The number of nitrogens with zero attached hydrogens (tertiary/aromatic N) is 3. The van der Waals surface area contributed by atoms with Gasteiger partial charge in [-0.3, -0.25) is 0 Å². The second-order valence-corrected chi connectivity index (χ2v) is 4.50. The van der Waals surface area contributed by atoms with Crippen LogP contribution in [0.25, 0.3) is 0 Å². The van der Waals surface area contributed by atoms with Crippen molar-refractivity contribution in [2.24, 2.45) is 0 Å². The van der Waals surface area contributed by atoms with Crippen molar-refractivity contribution >= 4 is 0 Å². The molecule has 17 heavy (non-hydrogen) atoms. The average Bonchev–Trinajstić information content (AvgIpc) is 2.94. The van der Waals surface area contributed by atoms with Gasteiger partial charge >= 0.3 is 0 Å². The summed E-state index contributed by atoms with van der Waals surface area (Å²) in [5, 5.41) is 17.6. The molecule has 0 aromatic carbocycles. The van der Waals surface area contributed by atoms with Crippen LogP contribution in [0.15, 0.2) is 0 Å². The number of hydrogen-bond donors (Lipinski definition) is 1. The minimum atomic E-state index is -0.0443. The average molecular weight is 239 g/mol. The fraction of sp³-hybridized carbons (Fsp3) is 0.833. The molecule has 0 radical (unpaired) electrons. The van der Waals surface area contributed by atoms with Crippen LogP contribution in [0.3, 0.4) is 0 Å². The molecule has 2 heterocycles. The van der Waals surface area contributed by atoms with Crippen LogP contribution < -0.4 is 0 Å². The molecule has 0 aliphatic carbocycles. The molecule has 0 saturated carbocycles. The molecule has 2 unspecified atom stereocenters. The van der Waals surface area contributed by atoms with Gasteiger partial charge in [0.1, 0.15) is 12.4 Å². The van der Waals surface area contributed by atoms with Gasteiger partial charge in [0.05, 0.1) is 6.10 Å². The van der Waals surface area contributed by atoms with Gasteiger partial charge in [-0.2, -0.15) is 0 Å². The third-order valence-corrected chi connectivity index (χ3v) is 3.39. The van der Waals surface area contributed by atoms with Crippen LogP contribution in [0.2, 0.25) is 0 Å². The first kappa shape index (κ1) is 12.5. The van der Waals surface area contributed by atoms with Gasteiger partial charge in [0.2, 0.25) is 0 Å². The summed E-state index contributed by atoms with van der Waals surface area (Å²) in [6.45, 7) is 5.88. The predicted octanol–water partition coefficient (Wildman–Crippen LogP) is 1.46. The highest BCUT2D eigenvalue weighted by Crippen LogP contribution is 2.32. The molecule has 5 heteroatoms. The Morgan fingerprint density at radius 3 is 2.88 bits per heavy atom. The third-order valence-electron chi connectivity index (χ3n) is 3.39. The normalized spacial score (nSPS) is 24.4. The topological polar surface area (TPSA) is 60.2 Å². The highest BCUT2D eigenvalue weighted by Gasteiger charge is 2.32. The van der Waals surface area contributed by atoms with E-state index in [1.165, 1.54) is 0 Å². The molecular weight excluding hydrogens is 218 g/mol.